The Kier molecular flexibility index (Phi) is 11.3. The minimum atomic E-state index is -4.03. The highest BCUT2D eigenvalue weighted by Gasteiger charge is 2.31. The van der Waals surface area contributed by atoms with Crippen molar-refractivity contribution in [3.63, 3.8) is 0 Å². The molecule has 2 aliphatic rings. The molecule has 3 aromatic carbocycles. The van der Waals surface area contributed by atoms with Gasteiger partial charge < -0.3 is 15.7 Å². The van der Waals surface area contributed by atoms with E-state index in [2.05, 4.69) is 21.5 Å². The number of nitrogens with one attached hydrogen (secondary N) is 3. The van der Waals surface area contributed by atoms with Crippen molar-refractivity contribution < 1.29 is 27.9 Å². The summed E-state index contributed by atoms with van der Waals surface area (Å²) in [7, 11) is -4.03. The highest BCUT2D eigenvalue weighted by Crippen LogP contribution is 2.25. The molecule has 4 N–H and O–H groups in total. The van der Waals surface area contributed by atoms with Crippen LogP contribution in [0, 0.1) is 0 Å². The Labute approximate surface area is 258 Å². The highest BCUT2D eigenvalue weighted by atomic mass is 32.2. The van der Waals surface area contributed by atoms with Crippen LogP contribution in [0.4, 0.5) is 0 Å². The van der Waals surface area contributed by atoms with Gasteiger partial charge in [-0.25, -0.2) is 8.42 Å². The maximum Gasteiger partial charge on any atom is 0.300 e. The Bertz CT molecular complexity index is 1640. The van der Waals surface area contributed by atoms with Crippen molar-refractivity contribution >= 4 is 38.6 Å². The Balaban J connectivity index is 0.00000104. The van der Waals surface area contributed by atoms with Gasteiger partial charge in [0, 0.05) is 43.6 Å². The second-order valence-electron chi connectivity index (χ2n) is 11.1. The molecule has 1 aliphatic heterocycles. The number of hydrogen-bond donors (Lipinski definition) is 4. The van der Waals surface area contributed by atoms with E-state index in [4.69, 9.17) is 9.90 Å². The quantitative estimate of drug-likeness (QED) is 0.263. The molecule has 3 aromatic rings. The summed E-state index contributed by atoms with van der Waals surface area (Å²) >= 11 is 0. The molecule has 0 atom stereocenters. The van der Waals surface area contributed by atoms with Crippen molar-refractivity contribution in [2.24, 2.45) is 0 Å². The Hall–Kier alpha value is -4.06. The van der Waals surface area contributed by atoms with Crippen molar-refractivity contribution in [2.75, 3.05) is 6.54 Å². The molecule has 234 valence electrons. The number of carboxylic acids is 1. The third kappa shape index (κ3) is 8.75. The number of rotatable bonds is 10. The largest absolute Gasteiger partial charge is 0.481 e. The first-order valence-corrected chi connectivity index (χ1v) is 16.3. The molecule has 1 aliphatic carbocycles. The predicted molar refractivity (Wildman–Crippen MR) is 169 cm³/mol. The maximum atomic E-state index is 13.3. The lowest BCUT2D eigenvalue weighted by molar-refractivity contribution is -0.134. The Morgan fingerprint density at radius 3 is 2.25 bits per heavy atom. The molecule has 0 spiro atoms. The van der Waals surface area contributed by atoms with Crippen LogP contribution in [0.1, 0.15) is 63.5 Å². The minimum absolute atomic E-state index is 0.102. The third-order valence-corrected chi connectivity index (χ3v) is 9.26. The Morgan fingerprint density at radius 1 is 0.932 bits per heavy atom. The Morgan fingerprint density at radius 2 is 1.55 bits per heavy atom. The number of amides is 2. The molecular formula is C33H40N4O6S. The smallest absolute Gasteiger partial charge is 0.300 e. The summed E-state index contributed by atoms with van der Waals surface area (Å²) in [5.41, 5.74) is 3.29. The van der Waals surface area contributed by atoms with Crippen LogP contribution in [0.3, 0.4) is 0 Å². The van der Waals surface area contributed by atoms with Gasteiger partial charge in [0.25, 0.3) is 21.9 Å². The van der Waals surface area contributed by atoms with Crippen LogP contribution < -0.4 is 15.5 Å². The highest BCUT2D eigenvalue weighted by molar-refractivity contribution is 7.89. The monoisotopic (exact) mass is 620 g/mol. The first kappa shape index (κ1) is 32.8. The van der Waals surface area contributed by atoms with E-state index >= 15 is 0 Å². The van der Waals surface area contributed by atoms with E-state index in [1.165, 1.54) is 31.7 Å². The molecule has 1 heterocycles. The summed E-state index contributed by atoms with van der Waals surface area (Å²) in [6.07, 6.45) is 5.31. The summed E-state index contributed by atoms with van der Waals surface area (Å²) < 4.78 is 26.6. The summed E-state index contributed by atoms with van der Waals surface area (Å²) in [6, 6.07) is 20.8. The number of fused-ring (bicyclic) bond motifs is 1. The van der Waals surface area contributed by atoms with E-state index in [0.717, 1.165) is 40.6 Å². The zero-order valence-corrected chi connectivity index (χ0v) is 26.0. The fourth-order valence-corrected chi connectivity index (χ4v) is 6.81. The van der Waals surface area contributed by atoms with Crippen LogP contribution in [-0.4, -0.2) is 48.9 Å². The van der Waals surface area contributed by atoms with E-state index < -0.39 is 21.9 Å². The van der Waals surface area contributed by atoms with Gasteiger partial charge in [0.05, 0.1) is 11.3 Å². The molecule has 11 heteroatoms. The summed E-state index contributed by atoms with van der Waals surface area (Å²) in [4.78, 5) is 37.8. The third-order valence-electron chi connectivity index (χ3n) is 7.87. The van der Waals surface area contributed by atoms with Crippen LogP contribution in [0.5, 0.6) is 0 Å². The number of nitrogens with zero attached hydrogens (tertiary/aromatic N) is 1. The molecule has 0 unspecified atom stereocenters. The lowest BCUT2D eigenvalue weighted by Crippen LogP contribution is -2.49. The van der Waals surface area contributed by atoms with E-state index in [-0.39, 0.29) is 23.8 Å². The van der Waals surface area contributed by atoms with E-state index in [1.807, 2.05) is 43.3 Å². The second kappa shape index (κ2) is 15.1. The van der Waals surface area contributed by atoms with Gasteiger partial charge in [-0.15, -0.1) is 4.83 Å². The SMILES string of the molecule is CC(=O)O.CC1=C(CC(=O)NCc2ccccc2CNC2CCCC2)C(=O)N(NS(=O)(=O)c2cccc3ccccc23)CC1. The number of carbonyl (C=O) groups excluding carboxylic acids is 2. The van der Waals surface area contributed by atoms with Crippen LogP contribution in [0.25, 0.3) is 10.8 Å². The fraction of sp³-hybridized carbons (Fsp3) is 0.364. The van der Waals surface area contributed by atoms with Gasteiger partial charge in [0.1, 0.15) is 0 Å². The molecule has 1 saturated carbocycles. The van der Waals surface area contributed by atoms with Crippen molar-refractivity contribution in [2.45, 2.75) is 76.4 Å². The van der Waals surface area contributed by atoms with Crippen LogP contribution in [0.15, 0.2) is 82.8 Å². The molecule has 44 heavy (non-hydrogen) atoms. The van der Waals surface area contributed by atoms with Crippen molar-refractivity contribution in [3.8, 4) is 0 Å². The van der Waals surface area contributed by atoms with Crippen LogP contribution in [0.2, 0.25) is 0 Å². The molecule has 0 saturated heterocycles. The number of aliphatic carboxylic acids is 1. The van der Waals surface area contributed by atoms with Gasteiger partial charge in [-0.1, -0.05) is 79.1 Å². The molecule has 0 aromatic heterocycles. The number of hydrazine groups is 1. The van der Waals surface area contributed by atoms with Crippen LogP contribution in [-0.2, 0) is 37.5 Å². The number of carbonyl (C=O) groups is 3. The molecule has 0 radical (unpaired) electrons. The van der Waals surface area contributed by atoms with E-state index in [1.54, 1.807) is 18.2 Å². The first-order valence-electron chi connectivity index (χ1n) is 14.8. The molecule has 10 nitrogen and oxygen atoms in total. The maximum absolute atomic E-state index is 13.3. The van der Waals surface area contributed by atoms with Gasteiger partial charge in [-0.05, 0) is 48.8 Å². The summed E-state index contributed by atoms with van der Waals surface area (Å²) in [6.45, 7) is 4.22. The van der Waals surface area contributed by atoms with E-state index in [0.29, 0.717) is 30.0 Å². The van der Waals surface area contributed by atoms with Gasteiger partial charge >= 0.3 is 0 Å². The van der Waals surface area contributed by atoms with Gasteiger partial charge in [-0.2, -0.15) is 0 Å². The summed E-state index contributed by atoms with van der Waals surface area (Å²) in [5.74, 6) is -1.61. The summed E-state index contributed by atoms with van der Waals surface area (Å²) in [5, 5.41) is 16.5. The van der Waals surface area contributed by atoms with Gasteiger partial charge in [-0.3, -0.25) is 19.4 Å². The average molecular weight is 621 g/mol. The number of carboxylic acid groups (broad SMARTS) is 1. The number of hydrogen-bond acceptors (Lipinski definition) is 6. The number of benzene rings is 3. The van der Waals surface area contributed by atoms with Crippen molar-refractivity contribution in [1.29, 1.82) is 0 Å². The first-order chi connectivity index (χ1) is 21.0. The predicted octanol–water partition coefficient (Wildman–Crippen LogP) is 4.41. The van der Waals surface area contributed by atoms with E-state index in [9.17, 15) is 18.0 Å². The van der Waals surface area contributed by atoms with Gasteiger partial charge in [0.2, 0.25) is 5.91 Å². The average Bonchev–Trinajstić information content (AvgIpc) is 3.52. The van der Waals surface area contributed by atoms with Gasteiger partial charge in [0.15, 0.2) is 0 Å². The molecule has 1 fully saturated rings. The standard InChI is InChI=1S/C31H36N4O4S.C2H4O2/c1-22-17-18-35(34-40(38,39)29-16-8-12-23-9-4-7-15-27(23)29)31(37)28(22)19-30(36)33-21-25-11-3-2-10-24(25)20-32-26-13-5-6-14-26;1-2(3)4/h2-4,7-12,15-16,26,32,34H,5-6,13-14,17-21H2,1H3,(H,33,36);1H3,(H,3,4). The molecule has 2 amide bonds. The lowest BCUT2D eigenvalue weighted by atomic mass is 9.98. The van der Waals surface area contributed by atoms with Crippen molar-refractivity contribution in [3.05, 3.63) is 89.0 Å². The second-order valence-corrected chi connectivity index (χ2v) is 12.8. The minimum Gasteiger partial charge on any atom is -0.481 e. The number of sulfonamides is 1. The van der Waals surface area contributed by atoms with Crippen molar-refractivity contribution in [1.82, 2.24) is 20.5 Å². The normalized spacial score (nSPS) is 15.7. The van der Waals surface area contributed by atoms with Crippen LogP contribution >= 0.6 is 0 Å². The fourth-order valence-electron chi connectivity index (χ4n) is 5.52. The molecule has 5 rings (SSSR count). The molecular weight excluding hydrogens is 580 g/mol. The lowest BCUT2D eigenvalue weighted by Gasteiger charge is -2.29. The topological polar surface area (TPSA) is 145 Å². The zero-order valence-electron chi connectivity index (χ0n) is 25.1. The molecule has 0 bridgehead atoms. The zero-order chi connectivity index (χ0) is 31.7.